The van der Waals surface area contributed by atoms with E-state index in [1.54, 1.807) is 24.5 Å². The molecule has 0 saturated heterocycles. The Labute approximate surface area is 152 Å². The second-order valence-electron chi connectivity index (χ2n) is 5.70. The van der Waals surface area contributed by atoms with Gasteiger partial charge in [0.25, 0.3) is 0 Å². The van der Waals surface area contributed by atoms with Gasteiger partial charge >= 0.3 is 5.69 Å². The third-order valence-corrected chi connectivity index (χ3v) is 3.95. The highest BCUT2D eigenvalue weighted by atomic mass is 19.1. The fourth-order valence-electron chi connectivity index (χ4n) is 2.67. The molecule has 2 heterocycles. The molecular weight excluding hydrogens is 349 g/mol. The molecule has 27 heavy (non-hydrogen) atoms. The molecule has 0 fully saturated rings. The Kier molecular flexibility index (Phi) is 4.13. The molecule has 0 amide bonds. The Bertz CT molecular complexity index is 1150. The number of halogens is 1. The lowest BCUT2D eigenvalue weighted by Crippen LogP contribution is -2.00. The van der Waals surface area contributed by atoms with Crippen LogP contribution in [0.3, 0.4) is 0 Å². The van der Waals surface area contributed by atoms with Gasteiger partial charge in [-0.3, -0.25) is 15.1 Å². The second kappa shape index (κ2) is 6.75. The van der Waals surface area contributed by atoms with Gasteiger partial charge in [-0.15, -0.1) is 0 Å². The minimum absolute atomic E-state index is 0.354. The van der Waals surface area contributed by atoms with Crippen molar-refractivity contribution in [2.24, 2.45) is 0 Å². The van der Waals surface area contributed by atoms with Crippen LogP contribution in [0, 0.1) is 15.9 Å². The monoisotopic (exact) mass is 361 g/mol. The van der Waals surface area contributed by atoms with Crippen molar-refractivity contribution in [1.82, 2.24) is 15.0 Å². The molecule has 132 valence electrons. The first-order chi connectivity index (χ1) is 13.1. The van der Waals surface area contributed by atoms with E-state index in [1.165, 1.54) is 6.07 Å². The molecule has 0 atom stereocenters. The minimum atomic E-state index is -0.893. The molecule has 7 nitrogen and oxygen atoms in total. The van der Waals surface area contributed by atoms with Gasteiger partial charge in [0.1, 0.15) is 5.82 Å². The number of nitrogens with zero attached hydrogens (tertiary/aromatic N) is 4. The summed E-state index contributed by atoms with van der Waals surface area (Å²) in [5, 5.41) is 14.8. The number of anilines is 2. The molecule has 4 aromatic rings. The third-order valence-electron chi connectivity index (χ3n) is 3.95. The van der Waals surface area contributed by atoms with Gasteiger partial charge in [-0.05, 0) is 36.4 Å². The summed E-state index contributed by atoms with van der Waals surface area (Å²) in [6.45, 7) is 0. The average molecular weight is 361 g/mol. The highest BCUT2D eigenvalue weighted by molar-refractivity contribution is 5.92. The Morgan fingerprint density at radius 3 is 2.56 bits per heavy atom. The number of fused-ring (bicyclic) bond motifs is 1. The van der Waals surface area contributed by atoms with Crippen molar-refractivity contribution in [1.29, 1.82) is 0 Å². The zero-order valence-electron chi connectivity index (χ0n) is 13.8. The van der Waals surface area contributed by atoms with Crippen LogP contribution in [-0.4, -0.2) is 19.9 Å². The molecule has 0 aliphatic rings. The molecular formula is C19H12FN5O2. The average Bonchev–Trinajstić information content (AvgIpc) is 2.70. The summed E-state index contributed by atoms with van der Waals surface area (Å²) < 4.78 is 13.6. The number of nitro groups is 1. The summed E-state index contributed by atoms with van der Waals surface area (Å²) in [5.74, 6) is 0.0547. The quantitative estimate of drug-likeness (QED) is 0.425. The van der Waals surface area contributed by atoms with Gasteiger partial charge < -0.3 is 5.32 Å². The Morgan fingerprint density at radius 1 is 1.00 bits per heavy atom. The van der Waals surface area contributed by atoms with Crippen molar-refractivity contribution >= 4 is 28.1 Å². The first kappa shape index (κ1) is 16.5. The third kappa shape index (κ3) is 3.28. The molecule has 0 aliphatic heterocycles. The first-order valence-corrected chi connectivity index (χ1v) is 8.00. The van der Waals surface area contributed by atoms with E-state index in [9.17, 15) is 14.5 Å². The molecule has 0 spiro atoms. The van der Waals surface area contributed by atoms with Crippen LogP contribution in [0.5, 0.6) is 0 Å². The summed E-state index contributed by atoms with van der Waals surface area (Å²) in [7, 11) is 0. The first-order valence-electron chi connectivity index (χ1n) is 8.00. The van der Waals surface area contributed by atoms with Crippen molar-refractivity contribution in [3.8, 4) is 11.4 Å². The molecule has 8 heteroatoms. The molecule has 0 bridgehead atoms. The van der Waals surface area contributed by atoms with E-state index in [0.29, 0.717) is 22.8 Å². The lowest BCUT2D eigenvalue weighted by atomic mass is 10.2. The van der Waals surface area contributed by atoms with Crippen LogP contribution >= 0.6 is 0 Å². The predicted octanol–water partition coefficient (Wildman–Crippen LogP) is 4.48. The van der Waals surface area contributed by atoms with E-state index >= 15 is 0 Å². The van der Waals surface area contributed by atoms with Crippen molar-refractivity contribution < 1.29 is 9.31 Å². The van der Waals surface area contributed by atoms with Crippen LogP contribution in [-0.2, 0) is 0 Å². The largest absolute Gasteiger partial charge is 0.339 e. The van der Waals surface area contributed by atoms with Crippen LogP contribution in [0.15, 0.2) is 67.0 Å². The number of rotatable bonds is 4. The van der Waals surface area contributed by atoms with Gasteiger partial charge in [-0.2, -0.15) is 4.39 Å². The fourth-order valence-corrected chi connectivity index (χ4v) is 2.67. The fraction of sp³-hybridized carbons (Fsp3) is 0. The number of aromatic nitrogens is 3. The summed E-state index contributed by atoms with van der Waals surface area (Å²) >= 11 is 0. The maximum atomic E-state index is 13.6. The van der Waals surface area contributed by atoms with Gasteiger partial charge in [0.05, 0.1) is 10.4 Å². The van der Waals surface area contributed by atoms with Crippen molar-refractivity contribution in [3.63, 3.8) is 0 Å². The molecule has 1 N–H and O–H groups in total. The molecule has 0 aliphatic carbocycles. The summed E-state index contributed by atoms with van der Waals surface area (Å²) in [4.78, 5) is 23.3. The summed E-state index contributed by atoms with van der Waals surface area (Å²) in [6, 6.07) is 14.6. The number of pyridine rings is 1. The SMILES string of the molecule is O=[N+]([O-])c1cc(Nc2nc(-c3ccncc3)nc3ccccc23)ccc1F. The number of nitrogens with one attached hydrogen (secondary N) is 1. The number of benzene rings is 2. The number of nitro benzene ring substituents is 1. The zero-order valence-corrected chi connectivity index (χ0v) is 13.8. The molecule has 2 aromatic carbocycles. The van der Waals surface area contributed by atoms with Gasteiger partial charge in [0, 0.05) is 35.1 Å². The van der Waals surface area contributed by atoms with Crippen LogP contribution in [0.2, 0.25) is 0 Å². The summed E-state index contributed by atoms with van der Waals surface area (Å²) in [6.07, 6.45) is 3.29. The van der Waals surface area contributed by atoms with E-state index in [-0.39, 0.29) is 0 Å². The van der Waals surface area contributed by atoms with Gasteiger partial charge in [0.2, 0.25) is 5.82 Å². The Balaban J connectivity index is 1.83. The van der Waals surface area contributed by atoms with Gasteiger partial charge in [-0.25, -0.2) is 9.97 Å². The van der Waals surface area contributed by atoms with Gasteiger partial charge in [-0.1, -0.05) is 12.1 Å². The van der Waals surface area contributed by atoms with E-state index in [2.05, 4.69) is 20.3 Å². The normalized spacial score (nSPS) is 10.7. The van der Waals surface area contributed by atoms with Crippen LogP contribution in [0.1, 0.15) is 0 Å². The molecule has 0 unspecified atom stereocenters. The zero-order chi connectivity index (χ0) is 18.8. The lowest BCUT2D eigenvalue weighted by Gasteiger charge is -2.11. The number of hydrogen-bond donors (Lipinski definition) is 1. The minimum Gasteiger partial charge on any atom is -0.339 e. The highest BCUT2D eigenvalue weighted by Gasteiger charge is 2.16. The van der Waals surface area contributed by atoms with E-state index in [4.69, 9.17) is 0 Å². The van der Waals surface area contributed by atoms with E-state index in [0.717, 1.165) is 23.1 Å². The number of hydrogen-bond acceptors (Lipinski definition) is 6. The molecule has 4 rings (SSSR count). The summed E-state index contributed by atoms with van der Waals surface area (Å²) in [5.41, 5.74) is 1.24. The number of para-hydroxylation sites is 1. The van der Waals surface area contributed by atoms with Gasteiger partial charge in [0.15, 0.2) is 5.82 Å². The molecule has 0 saturated carbocycles. The van der Waals surface area contributed by atoms with Crippen LogP contribution in [0.4, 0.5) is 21.6 Å². The topological polar surface area (TPSA) is 93.8 Å². The van der Waals surface area contributed by atoms with Crippen molar-refractivity contribution in [2.45, 2.75) is 0 Å². The predicted molar refractivity (Wildman–Crippen MR) is 99.1 cm³/mol. The molecule has 2 aromatic heterocycles. The van der Waals surface area contributed by atoms with E-state index in [1.807, 2.05) is 24.3 Å². The lowest BCUT2D eigenvalue weighted by molar-refractivity contribution is -0.387. The van der Waals surface area contributed by atoms with Crippen molar-refractivity contribution in [3.05, 3.63) is 82.9 Å². The van der Waals surface area contributed by atoms with Crippen LogP contribution in [0.25, 0.3) is 22.3 Å². The van der Waals surface area contributed by atoms with Crippen LogP contribution < -0.4 is 5.32 Å². The highest BCUT2D eigenvalue weighted by Crippen LogP contribution is 2.29. The smallest absolute Gasteiger partial charge is 0.306 e. The standard InChI is InChI=1S/C19H12FN5O2/c20-15-6-5-13(11-17(15)25(26)27)22-19-14-3-1-2-4-16(14)23-18(24-19)12-7-9-21-10-8-12/h1-11H,(H,22,23,24). The Hall–Kier alpha value is -3.94. The van der Waals surface area contributed by atoms with Crippen molar-refractivity contribution in [2.75, 3.05) is 5.32 Å². The molecule has 0 radical (unpaired) electrons. The van der Waals surface area contributed by atoms with E-state index < -0.39 is 16.4 Å². The maximum Gasteiger partial charge on any atom is 0.306 e. The second-order valence-corrected chi connectivity index (χ2v) is 5.70. The maximum absolute atomic E-state index is 13.6. The Morgan fingerprint density at radius 2 is 1.78 bits per heavy atom.